The summed E-state index contributed by atoms with van der Waals surface area (Å²) in [6, 6.07) is 0. The van der Waals surface area contributed by atoms with Crippen LogP contribution in [-0.2, 0) is 4.57 Å². The van der Waals surface area contributed by atoms with Crippen molar-refractivity contribution in [3.05, 3.63) is 0 Å². The lowest BCUT2D eigenvalue weighted by atomic mass is 11.0. The van der Waals surface area contributed by atoms with E-state index in [9.17, 15) is 0 Å². The van der Waals surface area contributed by atoms with Crippen molar-refractivity contribution in [3.8, 4) is 0 Å². The van der Waals surface area contributed by atoms with Gasteiger partial charge in [-0.1, -0.05) is 4.57 Å². The quantitative estimate of drug-likeness (QED) is 0.304. The molecular formula is C2H7N2O2P. The first kappa shape index (κ1) is 6.98. The van der Waals surface area contributed by atoms with E-state index >= 15 is 0 Å². The highest BCUT2D eigenvalue weighted by atomic mass is 31.1. The molecule has 0 aliphatic carbocycles. The summed E-state index contributed by atoms with van der Waals surface area (Å²) >= 11 is 0. The normalized spacial score (nSPS) is 16.6. The number of rotatable bonds is 0. The summed E-state index contributed by atoms with van der Waals surface area (Å²) in [5.41, 5.74) is 4.06. The lowest BCUT2D eigenvalue weighted by molar-refractivity contribution is -0.164. The Morgan fingerprint density at radius 3 is 1.86 bits per heavy atom. The molecule has 1 fully saturated rings. The van der Waals surface area contributed by atoms with Crippen LogP contribution >= 0.6 is 8.18 Å². The first-order valence-corrected chi connectivity index (χ1v) is 3.08. The first-order chi connectivity index (χ1) is 3.23. The van der Waals surface area contributed by atoms with Crippen LogP contribution in [0.5, 0.6) is 0 Å². The van der Waals surface area contributed by atoms with E-state index in [0.717, 1.165) is 0 Å². The Balaban J connectivity index is 0.000000105. The maximum atomic E-state index is 8.81. The molecule has 42 valence electrons. The second kappa shape index (κ2) is 4.15. The monoisotopic (exact) mass is 122 g/mol. The Morgan fingerprint density at radius 2 is 1.86 bits per heavy atom. The van der Waals surface area contributed by atoms with Gasteiger partial charge < -0.3 is 10.2 Å². The van der Waals surface area contributed by atoms with Crippen LogP contribution in [0.2, 0.25) is 0 Å². The smallest absolute Gasteiger partial charge is 0.405 e. The lowest BCUT2D eigenvalue weighted by Gasteiger charge is -1.59. The topological polar surface area (TPSA) is 88.1 Å². The maximum absolute atomic E-state index is 8.81. The summed E-state index contributed by atoms with van der Waals surface area (Å²) in [5.74, 6) is 0. The van der Waals surface area contributed by atoms with E-state index in [0.29, 0.717) is 0 Å². The molecule has 0 aromatic carbocycles. The highest BCUT2D eigenvalue weighted by Gasteiger charge is 1.91. The minimum absolute atomic E-state index is 1.25. The molecule has 0 aromatic heterocycles. The molecule has 0 bridgehead atoms. The van der Waals surface area contributed by atoms with Gasteiger partial charge in [-0.15, -0.1) is 5.50 Å². The van der Waals surface area contributed by atoms with Crippen molar-refractivity contribution in [3.63, 3.8) is 0 Å². The molecule has 1 saturated heterocycles. The standard InChI is InChI=1S/C2H5N.H2NO2P/c1-2-3-1;1-4(2)3/h3H,1-2H2;(H2,1,2,3). The van der Waals surface area contributed by atoms with Crippen molar-refractivity contribution in [2.45, 2.75) is 0 Å². The molecule has 1 aliphatic heterocycles. The number of nitrogens with one attached hydrogen (secondary N) is 1. The van der Waals surface area contributed by atoms with Crippen LogP contribution in [0.15, 0.2) is 0 Å². The van der Waals surface area contributed by atoms with Gasteiger partial charge in [0.05, 0.1) is 0 Å². The third-order valence-corrected chi connectivity index (χ3v) is 0.250. The second-order valence-electron chi connectivity index (χ2n) is 1.04. The zero-order chi connectivity index (χ0) is 5.70. The molecule has 0 saturated carbocycles. The fourth-order valence-electron chi connectivity index (χ4n) is 0. The number of nitrogens with two attached hydrogens (primary N) is 1. The van der Waals surface area contributed by atoms with E-state index in [1.165, 1.54) is 13.1 Å². The first-order valence-electron chi connectivity index (χ1n) is 1.83. The Morgan fingerprint density at radius 1 is 1.71 bits per heavy atom. The van der Waals surface area contributed by atoms with Crippen molar-refractivity contribution in [2.24, 2.45) is 5.50 Å². The third kappa shape index (κ3) is 98.6. The fourth-order valence-corrected chi connectivity index (χ4v) is 0. The van der Waals surface area contributed by atoms with Crippen LogP contribution in [0, 0.1) is 0 Å². The van der Waals surface area contributed by atoms with Crippen LogP contribution < -0.4 is 15.7 Å². The predicted molar refractivity (Wildman–Crippen MR) is 24.7 cm³/mol. The highest BCUT2D eigenvalue weighted by Crippen LogP contribution is 1.81. The molecule has 1 heterocycles. The van der Waals surface area contributed by atoms with Crippen molar-refractivity contribution >= 4 is 8.18 Å². The Hall–Kier alpha value is -0.0200. The molecule has 0 spiro atoms. The number of hydrogen-bond donors (Lipinski definition) is 2. The summed E-state index contributed by atoms with van der Waals surface area (Å²) in [4.78, 5) is 8.81. The molecule has 1 atom stereocenters. The zero-order valence-electron chi connectivity index (χ0n) is 3.76. The number of hydrogen-bond acceptors (Lipinski definition) is 3. The maximum Gasteiger partial charge on any atom is 0.405 e. The minimum atomic E-state index is -2.62. The molecule has 4 nitrogen and oxygen atoms in total. The average Bonchev–Trinajstić information content (AvgIpc) is 2.02. The summed E-state index contributed by atoms with van der Waals surface area (Å²) < 4.78 is 8.81. The molecule has 5 heteroatoms. The van der Waals surface area contributed by atoms with E-state index in [-0.39, 0.29) is 0 Å². The summed E-state index contributed by atoms with van der Waals surface area (Å²) in [6.45, 7) is 2.50. The van der Waals surface area contributed by atoms with E-state index in [4.69, 9.17) is 9.46 Å². The molecule has 0 radical (unpaired) electrons. The van der Waals surface area contributed by atoms with E-state index in [1.54, 1.807) is 0 Å². The van der Waals surface area contributed by atoms with Gasteiger partial charge in [0.15, 0.2) is 0 Å². The molecule has 1 rings (SSSR count). The predicted octanol–water partition coefficient (Wildman–Crippen LogP) is -1.45. The SMILES string of the molecule is C1CN1.N[P+](=O)[O-]. The van der Waals surface area contributed by atoms with Crippen LogP contribution in [0.1, 0.15) is 0 Å². The van der Waals surface area contributed by atoms with Crippen LogP contribution in [0.25, 0.3) is 0 Å². The molecule has 1 unspecified atom stereocenters. The molecular weight excluding hydrogens is 115 g/mol. The third-order valence-electron chi connectivity index (χ3n) is 0.250. The van der Waals surface area contributed by atoms with Crippen molar-refractivity contribution in [1.29, 1.82) is 0 Å². The van der Waals surface area contributed by atoms with Gasteiger partial charge in [0.1, 0.15) is 0 Å². The minimum Gasteiger partial charge on any atom is -0.578 e. The Labute approximate surface area is 42.6 Å². The summed E-state index contributed by atoms with van der Waals surface area (Å²) in [7, 11) is -2.62. The van der Waals surface area contributed by atoms with Gasteiger partial charge in [0.25, 0.3) is 0 Å². The van der Waals surface area contributed by atoms with E-state index in [2.05, 4.69) is 10.8 Å². The largest absolute Gasteiger partial charge is 0.578 e. The van der Waals surface area contributed by atoms with Crippen LogP contribution in [0.3, 0.4) is 0 Å². The van der Waals surface area contributed by atoms with Gasteiger partial charge in [0, 0.05) is 13.1 Å². The Kier molecular flexibility index (Phi) is 4.14. The molecule has 0 amide bonds. The van der Waals surface area contributed by atoms with Gasteiger partial charge in [-0.25, -0.2) is 0 Å². The lowest BCUT2D eigenvalue weighted by Crippen LogP contribution is -1.91. The van der Waals surface area contributed by atoms with E-state index < -0.39 is 8.18 Å². The molecule has 0 aromatic rings. The van der Waals surface area contributed by atoms with Gasteiger partial charge >= 0.3 is 8.18 Å². The fraction of sp³-hybridized carbons (Fsp3) is 1.00. The Bertz CT molecular complexity index is 58.0. The summed E-state index contributed by atoms with van der Waals surface area (Å²) in [5, 5.41) is 3.00. The average molecular weight is 122 g/mol. The van der Waals surface area contributed by atoms with Gasteiger partial charge in [-0.05, 0) is 0 Å². The van der Waals surface area contributed by atoms with Gasteiger partial charge in [0.2, 0.25) is 0 Å². The molecule has 3 N–H and O–H groups in total. The highest BCUT2D eigenvalue weighted by molar-refractivity contribution is 7.33. The molecule has 7 heavy (non-hydrogen) atoms. The summed E-state index contributed by atoms with van der Waals surface area (Å²) in [6.07, 6.45) is 0. The second-order valence-corrected chi connectivity index (χ2v) is 1.61. The van der Waals surface area contributed by atoms with E-state index in [1.807, 2.05) is 0 Å². The van der Waals surface area contributed by atoms with Crippen LogP contribution in [0.4, 0.5) is 0 Å². The zero-order valence-corrected chi connectivity index (χ0v) is 4.65. The van der Waals surface area contributed by atoms with Gasteiger partial charge in [-0.2, -0.15) is 0 Å². The van der Waals surface area contributed by atoms with Crippen molar-refractivity contribution in [1.82, 2.24) is 5.32 Å². The molecule has 1 aliphatic rings. The van der Waals surface area contributed by atoms with Crippen molar-refractivity contribution < 1.29 is 9.46 Å². The van der Waals surface area contributed by atoms with Crippen LogP contribution in [-0.4, -0.2) is 13.1 Å². The van der Waals surface area contributed by atoms with Gasteiger partial charge in [-0.3, -0.25) is 0 Å². The van der Waals surface area contributed by atoms with Crippen molar-refractivity contribution in [2.75, 3.05) is 13.1 Å².